The van der Waals surface area contributed by atoms with Gasteiger partial charge in [0.15, 0.2) is 5.78 Å². The predicted molar refractivity (Wildman–Crippen MR) is 93.0 cm³/mol. The van der Waals surface area contributed by atoms with Gasteiger partial charge < -0.3 is 4.90 Å². The standard InChI is InChI=1S/C16H21Br2NO2/c1-3-9-19(10-4-2)15(20)11-14(18)16(21)12-5-7-13(17)8-6-12/h5-8,14H,3-4,9-11H2,1-2H3. The number of alkyl halides is 1. The fourth-order valence-corrected chi connectivity index (χ4v) is 2.88. The van der Waals surface area contributed by atoms with Gasteiger partial charge in [-0.2, -0.15) is 0 Å². The smallest absolute Gasteiger partial charge is 0.224 e. The fourth-order valence-electron chi connectivity index (χ4n) is 2.07. The van der Waals surface area contributed by atoms with Crippen molar-refractivity contribution in [3.63, 3.8) is 0 Å². The molecule has 0 spiro atoms. The number of rotatable bonds is 8. The number of Topliss-reactive ketones (excluding diaryl/α,β-unsaturated/α-hetero) is 1. The van der Waals surface area contributed by atoms with Gasteiger partial charge in [-0.15, -0.1) is 0 Å². The zero-order valence-corrected chi connectivity index (χ0v) is 15.6. The average Bonchev–Trinajstić information content (AvgIpc) is 2.47. The monoisotopic (exact) mass is 417 g/mol. The molecule has 116 valence electrons. The van der Waals surface area contributed by atoms with Crippen LogP contribution < -0.4 is 0 Å². The van der Waals surface area contributed by atoms with Crippen LogP contribution in [0.25, 0.3) is 0 Å². The van der Waals surface area contributed by atoms with E-state index < -0.39 is 4.83 Å². The maximum Gasteiger partial charge on any atom is 0.224 e. The van der Waals surface area contributed by atoms with Gasteiger partial charge in [-0.25, -0.2) is 0 Å². The molecule has 1 aromatic rings. The molecule has 3 nitrogen and oxygen atoms in total. The van der Waals surface area contributed by atoms with Crippen molar-refractivity contribution in [2.24, 2.45) is 0 Å². The SMILES string of the molecule is CCCN(CCC)C(=O)CC(Br)C(=O)c1ccc(Br)cc1. The minimum Gasteiger partial charge on any atom is -0.343 e. The summed E-state index contributed by atoms with van der Waals surface area (Å²) in [6.07, 6.45) is 2.06. The zero-order chi connectivity index (χ0) is 15.8. The molecule has 1 atom stereocenters. The molecule has 21 heavy (non-hydrogen) atoms. The van der Waals surface area contributed by atoms with Crippen LogP contribution in [0.1, 0.15) is 43.5 Å². The summed E-state index contributed by atoms with van der Waals surface area (Å²) in [5.74, 6) is -0.0187. The van der Waals surface area contributed by atoms with Crippen molar-refractivity contribution in [3.8, 4) is 0 Å². The van der Waals surface area contributed by atoms with Crippen molar-refractivity contribution in [2.45, 2.75) is 37.9 Å². The Hall–Kier alpha value is -0.680. The first-order valence-corrected chi connectivity index (χ1v) is 8.92. The number of hydrogen-bond acceptors (Lipinski definition) is 2. The number of hydrogen-bond donors (Lipinski definition) is 0. The minimum atomic E-state index is -0.470. The highest BCUT2D eigenvalue weighted by molar-refractivity contribution is 9.10. The Morgan fingerprint density at radius 2 is 1.62 bits per heavy atom. The van der Waals surface area contributed by atoms with Crippen molar-refractivity contribution in [3.05, 3.63) is 34.3 Å². The Balaban J connectivity index is 2.66. The molecule has 0 radical (unpaired) electrons. The Morgan fingerprint density at radius 1 is 1.10 bits per heavy atom. The van der Waals surface area contributed by atoms with E-state index in [1.54, 1.807) is 12.1 Å². The lowest BCUT2D eigenvalue weighted by atomic mass is 10.1. The lowest BCUT2D eigenvalue weighted by Crippen LogP contribution is -2.35. The molecule has 0 aromatic heterocycles. The summed E-state index contributed by atoms with van der Waals surface area (Å²) < 4.78 is 0.929. The highest BCUT2D eigenvalue weighted by Crippen LogP contribution is 2.17. The largest absolute Gasteiger partial charge is 0.343 e. The Labute approximate surface area is 143 Å². The molecule has 0 aliphatic heterocycles. The number of ketones is 1. The maximum atomic E-state index is 12.3. The molecule has 0 saturated carbocycles. The van der Waals surface area contributed by atoms with Crippen LogP contribution >= 0.6 is 31.9 Å². The van der Waals surface area contributed by atoms with E-state index in [9.17, 15) is 9.59 Å². The summed E-state index contributed by atoms with van der Waals surface area (Å²) in [6.45, 7) is 5.60. The molecule has 1 amide bonds. The molecule has 0 aliphatic rings. The second-order valence-electron chi connectivity index (χ2n) is 4.92. The molecular formula is C16H21Br2NO2. The Morgan fingerprint density at radius 3 is 2.10 bits per heavy atom. The summed E-state index contributed by atoms with van der Waals surface area (Å²) in [5, 5.41) is 0. The normalized spacial score (nSPS) is 12.0. The van der Waals surface area contributed by atoms with Gasteiger partial charge in [-0.1, -0.05) is 57.8 Å². The molecule has 1 rings (SSSR count). The maximum absolute atomic E-state index is 12.3. The number of amides is 1. The third-order valence-electron chi connectivity index (χ3n) is 3.11. The number of nitrogens with zero attached hydrogens (tertiary/aromatic N) is 1. The van der Waals surface area contributed by atoms with Gasteiger partial charge in [-0.3, -0.25) is 9.59 Å². The number of benzene rings is 1. The van der Waals surface area contributed by atoms with E-state index in [4.69, 9.17) is 0 Å². The Kier molecular flexibility index (Phi) is 8.19. The quantitative estimate of drug-likeness (QED) is 0.462. The van der Waals surface area contributed by atoms with E-state index in [0.29, 0.717) is 5.56 Å². The average molecular weight is 419 g/mol. The molecule has 0 saturated heterocycles. The van der Waals surface area contributed by atoms with Crippen LogP contribution in [-0.4, -0.2) is 34.5 Å². The lowest BCUT2D eigenvalue weighted by molar-refractivity contribution is -0.131. The molecule has 1 unspecified atom stereocenters. The number of carbonyl (C=O) groups excluding carboxylic acids is 2. The molecule has 0 heterocycles. The number of halogens is 2. The van der Waals surface area contributed by atoms with Crippen LogP contribution in [0.2, 0.25) is 0 Å². The lowest BCUT2D eigenvalue weighted by Gasteiger charge is -2.22. The van der Waals surface area contributed by atoms with Crippen molar-refractivity contribution < 1.29 is 9.59 Å². The molecule has 5 heteroatoms. The topological polar surface area (TPSA) is 37.4 Å². The van der Waals surface area contributed by atoms with Gasteiger partial charge in [0, 0.05) is 29.5 Å². The minimum absolute atomic E-state index is 0.0334. The second-order valence-corrected chi connectivity index (χ2v) is 6.94. The first-order chi connectivity index (χ1) is 9.99. The van der Waals surface area contributed by atoms with Gasteiger partial charge in [-0.05, 0) is 25.0 Å². The highest BCUT2D eigenvalue weighted by Gasteiger charge is 2.22. The summed E-state index contributed by atoms with van der Waals surface area (Å²) in [7, 11) is 0. The summed E-state index contributed by atoms with van der Waals surface area (Å²) >= 11 is 6.70. The predicted octanol–water partition coefficient (Wildman–Crippen LogP) is 4.43. The van der Waals surface area contributed by atoms with Crippen molar-refractivity contribution >= 4 is 43.6 Å². The first-order valence-electron chi connectivity index (χ1n) is 7.21. The van der Waals surface area contributed by atoms with E-state index in [1.165, 1.54) is 0 Å². The van der Waals surface area contributed by atoms with E-state index in [0.717, 1.165) is 30.4 Å². The van der Waals surface area contributed by atoms with Crippen LogP contribution in [0.15, 0.2) is 28.7 Å². The van der Waals surface area contributed by atoms with Gasteiger partial charge in [0.2, 0.25) is 5.91 Å². The molecule has 0 bridgehead atoms. The Bertz CT molecular complexity index is 468. The van der Waals surface area contributed by atoms with Gasteiger partial charge in [0.1, 0.15) is 0 Å². The second kappa shape index (κ2) is 9.36. The van der Waals surface area contributed by atoms with Gasteiger partial charge >= 0.3 is 0 Å². The van der Waals surface area contributed by atoms with Crippen molar-refractivity contribution in [2.75, 3.05) is 13.1 Å². The van der Waals surface area contributed by atoms with E-state index in [2.05, 4.69) is 45.7 Å². The van der Waals surface area contributed by atoms with E-state index >= 15 is 0 Å². The van der Waals surface area contributed by atoms with Crippen LogP contribution in [0.5, 0.6) is 0 Å². The zero-order valence-electron chi connectivity index (χ0n) is 12.4. The molecule has 0 aliphatic carbocycles. The van der Waals surface area contributed by atoms with E-state index in [-0.39, 0.29) is 18.1 Å². The molecule has 1 aromatic carbocycles. The van der Waals surface area contributed by atoms with Crippen molar-refractivity contribution in [1.29, 1.82) is 0 Å². The molecule has 0 fully saturated rings. The third kappa shape index (κ3) is 5.91. The summed E-state index contributed by atoms with van der Waals surface area (Å²) in [6, 6.07) is 7.19. The summed E-state index contributed by atoms with van der Waals surface area (Å²) in [4.78, 5) is 25.9. The molecular weight excluding hydrogens is 398 g/mol. The number of carbonyl (C=O) groups is 2. The van der Waals surface area contributed by atoms with Crippen LogP contribution in [0.4, 0.5) is 0 Å². The summed E-state index contributed by atoms with van der Waals surface area (Å²) in [5.41, 5.74) is 0.616. The molecule has 0 N–H and O–H groups in total. The first kappa shape index (κ1) is 18.4. The van der Waals surface area contributed by atoms with E-state index in [1.807, 2.05) is 17.0 Å². The van der Waals surface area contributed by atoms with Gasteiger partial charge in [0.05, 0.1) is 4.83 Å². The fraction of sp³-hybridized carbons (Fsp3) is 0.500. The highest BCUT2D eigenvalue weighted by atomic mass is 79.9. The van der Waals surface area contributed by atoms with Gasteiger partial charge in [0.25, 0.3) is 0 Å². The van der Waals surface area contributed by atoms with Crippen molar-refractivity contribution in [1.82, 2.24) is 4.90 Å². The van der Waals surface area contributed by atoms with Crippen LogP contribution in [0.3, 0.4) is 0 Å². The van der Waals surface area contributed by atoms with Crippen LogP contribution in [-0.2, 0) is 4.79 Å². The van der Waals surface area contributed by atoms with Crippen LogP contribution in [0, 0.1) is 0 Å². The third-order valence-corrected chi connectivity index (χ3v) is 4.38.